The number of methoxy groups -OCH3 is 1. The monoisotopic (exact) mass is 177 g/mol. The van der Waals surface area contributed by atoms with Gasteiger partial charge in [-0.2, -0.15) is 0 Å². The molecule has 0 atom stereocenters. The van der Waals surface area contributed by atoms with E-state index in [4.69, 9.17) is 4.74 Å². The van der Waals surface area contributed by atoms with Crippen LogP contribution >= 0.6 is 0 Å². The molecule has 0 bridgehead atoms. The van der Waals surface area contributed by atoms with E-state index < -0.39 is 0 Å². The van der Waals surface area contributed by atoms with Gasteiger partial charge in [0.05, 0.1) is 6.61 Å². The van der Waals surface area contributed by atoms with E-state index in [9.17, 15) is 0 Å². The Morgan fingerprint density at radius 1 is 1.31 bits per heavy atom. The summed E-state index contributed by atoms with van der Waals surface area (Å²) in [5.74, 6) is 0. The van der Waals surface area contributed by atoms with Crippen LogP contribution in [0.3, 0.4) is 0 Å². The van der Waals surface area contributed by atoms with Gasteiger partial charge in [-0.1, -0.05) is 18.2 Å². The van der Waals surface area contributed by atoms with E-state index in [1.54, 1.807) is 7.11 Å². The summed E-state index contributed by atoms with van der Waals surface area (Å²) in [5.41, 5.74) is 4.28. The summed E-state index contributed by atoms with van der Waals surface area (Å²) in [7, 11) is 1.74. The molecule has 1 aliphatic heterocycles. The second-order valence-electron chi connectivity index (χ2n) is 3.45. The highest BCUT2D eigenvalue weighted by molar-refractivity contribution is 5.34. The maximum Gasteiger partial charge on any atom is 0.0502 e. The van der Waals surface area contributed by atoms with Crippen LogP contribution in [0.2, 0.25) is 0 Å². The molecule has 0 aliphatic carbocycles. The van der Waals surface area contributed by atoms with Crippen LogP contribution in [0, 0.1) is 0 Å². The standard InChI is InChI=1S/C11H15NO/c1-13-5-4-9-2-3-10-7-12-8-11(10)6-9/h2-3,6,12H,4-5,7-8H2,1H3. The highest BCUT2D eigenvalue weighted by Gasteiger charge is 2.09. The van der Waals surface area contributed by atoms with Crippen molar-refractivity contribution in [3.05, 3.63) is 34.9 Å². The summed E-state index contributed by atoms with van der Waals surface area (Å²) in [4.78, 5) is 0. The molecule has 1 aromatic rings. The second-order valence-corrected chi connectivity index (χ2v) is 3.45. The van der Waals surface area contributed by atoms with Gasteiger partial charge in [-0.25, -0.2) is 0 Å². The van der Waals surface area contributed by atoms with E-state index in [0.717, 1.165) is 26.1 Å². The minimum absolute atomic E-state index is 0.812. The maximum atomic E-state index is 5.05. The van der Waals surface area contributed by atoms with Gasteiger partial charge >= 0.3 is 0 Å². The molecular weight excluding hydrogens is 162 g/mol. The number of rotatable bonds is 3. The number of hydrogen-bond acceptors (Lipinski definition) is 2. The van der Waals surface area contributed by atoms with E-state index in [0.29, 0.717) is 0 Å². The van der Waals surface area contributed by atoms with Crippen molar-refractivity contribution in [3.63, 3.8) is 0 Å². The van der Waals surface area contributed by atoms with Crippen LogP contribution in [0.4, 0.5) is 0 Å². The quantitative estimate of drug-likeness (QED) is 0.755. The van der Waals surface area contributed by atoms with Gasteiger partial charge in [0.1, 0.15) is 0 Å². The van der Waals surface area contributed by atoms with Crippen LogP contribution in [0.1, 0.15) is 16.7 Å². The predicted octanol–water partition coefficient (Wildman–Crippen LogP) is 1.48. The van der Waals surface area contributed by atoms with Crippen LogP contribution in [-0.2, 0) is 24.2 Å². The van der Waals surface area contributed by atoms with Gasteiger partial charge in [0.25, 0.3) is 0 Å². The third-order valence-corrected chi connectivity index (χ3v) is 2.50. The Kier molecular flexibility index (Phi) is 2.62. The molecule has 2 heteroatoms. The summed E-state index contributed by atoms with van der Waals surface area (Å²) < 4.78 is 5.05. The molecule has 0 spiro atoms. The van der Waals surface area contributed by atoms with Crippen LogP contribution in [0.5, 0.6) is 0 Å². The third kappa shape index (κ3) is 1.90. The zero-order valence-electron chi connectivity index (χ0n) is 7.97. The first-order chi connectivity index (χ1) is 6.40. The van der Waals surface area contributed by atoms with Crippen LogP contribution < -0.4 is 5.32 Å². The Morgan fingerprint density at radius 2 is 2.15 bits per heavy atom. The summed E-state index contributed by atoms with van der Waals surface area (Å²) in [6.07, 6.45) is 1.02. The maximum absolute atomic E-state index is 5.05. The van der Waals surface area contributed by atoms with E-state index in [1.807, 2.05) is 0 Å². The fourth-order valence-electron chi connectivity index (χ4n) is 1.72. The normalized spacial score (nSPS) is 14.5. The highest BCUT2D eigenvalue weighted by Crippen LogP contribution is 2.17. The van der Waals surface area contributed by atoms with Crippen molar-refractivity contribution in [2.45, 2.75) is 19.5 Å². The molecule has 70 valence electrons. The molecule has 2 rings (SSSR count). The van der Waals surface area contributed by atoms with E-state index in [1.165, 1.54) is 16.7 Å². The summed E-state index contributed by atoms with van der Waals surface area (Å²) in [6.45, 7) is 2.86. The highest BCUT2D eigenvalue weighted by atomic mass is 16.5. The zero-order valence-corrected chi connectivity index (χ0v) is 7.97. The lowest BCUT2D eigenvalue weighted by molar-refractivity contribution is 0.202. The minimum atomic E-state index is 0.812. The average Bonchev–Trinajstić information content (AvgIpc) is 2.61. The Labute approximate surface area is 78.9 Å². The summed E-state index contributed by atoms with van der Waals surface area (Å²) >= 11 is 0. The predicted molar refractivity (Wildman–Crippen MR) is 52.6 cm³/mol. The van der Waals surface area contributed by atoms with Gasteiger partial charge < -0.3 is 10.1 Å². The molecule has 0 radical (unpaired) electrons. The van der Waals surface area contributed by atoms with E-state index >= 15 is 0 Å². The third-order valence-electron chi connectivity index (χ3n) is 2.50. The van der Waals surface area contributed by atoms with Crippen molar-refractivity contribution in [3.8, 4) is 0 Å². The van der Waals surface area contributed by atoms with Gasteiger partial charge in [-0.15, -0.1) is 0 Å². The smallest absolute Gasteiger partial charge is 0.0502 e. The minimum Gasteiger partial charge on any atom is -0.384 e. The van der Waals surface area contributed by atoms with Gasteiger partial charge in [0.2, 0.25) is 0 Å². The average molecular weight is 177 g/mol. The zero-order chi connectivity index (χ0) is 9.10. The lowest BCUT2D eigenvalue weighted by atomic mass is 10.0. The van der Waals surface area contributed by atoms with Crippen LogP contribution in [0.15, 0.2) is 18.2 Å². The summed E-state index contributed by atoms with van der Waals surface area (Å²) in [5, 5.41) is 3.34. The largest absolute Gasteiger partial charge is 0.384 e. The molecule has 1 heterocycles. The molecular formula is C11H15NO. The van der Waals surface area contributed by atoms with Crippen molar-refractivity contribution in [1.29, 1.82) is 0 Å². The van der Waals surface area contributed by atoms with E-state index in [2.05, 4.69) is 23.5 Å². The first kappa shape index (κ1) is 8.73. The molecule has 0 saturated carbocycles. The second kappa shape index (κ2) is 3.90. The lowest BCUT2D eigenvalue weighted by Crippen LogP contribution is -2.00. The van der Waals surface area contributed by atoms with Crippen molar-refractivity contribution >= 4 is 0 Å². The molecule has 2 nitrogen and oxygen atoms in total. The molecule has 0 fully saturated rings. The molecule has 1 aliphatic rings. The number of benzene rings is 1. The van der Waals surface area contributed by atoms with Gasteiger partial charge in [-0.05, 0) is 23.1 Å². The van der Waals surface area contributed by atoms with Gasteiger partial charge in [0.15, 0.2) is 0 Å². The van der Waals surface area contributed by atoms with E-state index in [-0.39, 0.29) is 0 Å². The number of nitrogens with one attached hydrogen (secondary N) is 1. The Bertz CT molecular complexity index is 296. The Morgan fingerprint density at radius 3 is 3.00 bits per heavy atom. The Hall–Kier alpha value is -0.860. The molecule has 1 aromatic carbocycles. The molecule has 0 unspecified atom stereocenters. The molecule has 13 heavy (non-hydrogen) atoms. The van der Waals surface area contributed by atoms with Gasteiger partial charge in [-0.3, -0.25) is 0 Å². The molecule has 0 saturated heterocycles. The molecule has 1 N–H and O–H groups in total. The Balaban J connectivity index is 2.12. The van der Waals surface area contributed by atoms with Crippen LogP contribution in [0.25, 0.3) is 0 Å². The SMILES string of the molecule is COCCc1ccc2c(c1)CNC2. The number of ether oxygens (including phenoxy) is 1. The number of hydrogen-bond donors (Lipinski definition) is 1. The topological polar surface area (TPSA) is 21.3 Å². The van der Waals surface area contributed by atoms with Gasteiger partial charge in [0, 0.05) is 20.2 Å². The van der Waals surface area contributed by atoms with Crippen molar-refractivity contribution in [1.82, 2.24) is 5.32 Å². The fourth-order valence-corrected chi connectivity index (χ4v) is 1.72. The van der Waals surface area contributed by atoms with Crippen molar-refractivity contribution in [2.24, 2.45) is 0 Å². The fraction of sp³-hybridized carbons (Fsp3) is 0.455. The van der Waals surface area contributed by atoms with Crippen molar-refractivity contribution in [2.75, 3.05) is 13.7 Å². The number of fused-ring (bicyclic) bond motifs is 1. The molecule has 0 aromatic heterocycles. The molecule has 0 amide bonds. The first-order valence-electron chi connectivity index (χ1n) is 4.70. The van der Waals surface area contributed by atoms with Crippen molar-refractivity contribution < 1.29 is 4.74 Å². The lowest BCUT2D eigenvalue weighted by Gasteiger charge is -2.03. The van der Waals surface area contributed by atoms with Crippen LogP contribution in [-0.4, -0.2) is 13.7 Å². The first-order valence-corrected chi connectivity index (χ1v) is 4.70. The summed E-state index contributed by atoms with van der Waals surface area (Å²) in [6, 6.07) is 6.71.